The molecule has 2 aliphatic heterocycles. The van der Waals surface area contributed by atoms with Crippen molar-refractivity contribution in [3.8, 4) is 0 Å². The van der Waals surface area contributed by atoms with E-state index in [9.17, 15) is 14.4 Å². The minimum atomic E-state index is -0.467. The fourth-order valence-corrected chi connectivity index (χ4v) is 3.91. The number of amides is 4. The predicted octanol–water partition coefficient (Wildman–Crippen LogP) is 1.40. The number of fused-ring (bicyclic) bond motifs is 1. The summed E-state index contributed by atoms with van der Waals surface area (Å²) in [7, 11) is 3.11. The van der Waals surface area contributed by atoms with Gasteiger partial charge in [-0.2, -0.15) is 0 Å². The van der Waals surface area contributed by atoms with Crippen molar-refractivity contribution in [3.05, 3.63) is 46.9 Å². The molecular weight excluding hydrogens is 314 g/mol. The monoisotopic (exact) mass is 331 g/mol. The Morgan fingerprint density at radius 1 is 1.22 bits per heavy atom. The van der Waals surface area contributed by atoms with Crippen molar-refractivity contribution in [2.45, 2.75) is 11.9 Å². The normalized spacial score (nSPS) is 23.7. The van der Waals surface area contributed by atoms with Gasteiger partial charge in [-0.3, -0.25) is 14.5 Å². The van der Waals surface area contributed by atoms with Gasteiger partial charge in [0.15, 0.2) is 0 Å². The van der Waals surface area contributed by atoms with Crippen LogP contribution >= 0.6 is 11.8 Å². The Kier molecular flexibility index (Phi) is 4.12. The minimum Gasteiger partial charge on any atom is -0.348 e. The molecule has 23 heavy (non-hydrogen) atoms. The number of hydrogen-bond acceptors (Lipinski definition) is 4. The van der Waals surface area contributed by atoms with Crippen molar-refractivity contribution in [1.29, 1.82) is 0 Å². The number of carbonyl (C=O) groups excluding carboxylic acids is 3. The summed E-state index contributed by atoms with van der Waals surface area (Å²) >= 11 is 1.26. The molecule has 2 heterocycles. The van der Waals surface area contributed by atoms with Gasteiger partial charge in [-0.25, -0.2) is 4.79 Å². The molecule has 1 saturated heterocycles. The average molecular weight is 331 g/mol. The number of benzene rings is 1. The molecule has 0 spiro atoms. The van der Waals surface area contributed by atoms with E-state index >= 15 is 0 Å². The van der Waals surface area contributed by atoms with Crippen molar-refractivity contribution in [3.63, 3.8) is 0 Å². The fourth-order valence-electron chi connectivity index (χ4n) is 2.66. The standard InChI is InChI=1S/C16H17N3O3S/c1-18-14(21)11-8-12(23-15(11)19(2)16(18)22)13(20)17-9-10-6-4-3-5-7-10/h3-8,11,15H,9H2,1-2H3,(H,17,20). The van der Waals surface area contributed by atoms with Crippen LogP contribution in [0.15, 0.2) is 41.3 Å². The molecule has 0 radical (unpaired) electrons. The first-order valence-electron chi connectivity index (χ1n) is 7.24. The molecule has 2 atom stereocenters. The zero-order chi connectivity index (χ0) is 16.6. The first-order valence-corrected chi connectivity index (χ1v) is 8.12. The van der Waals surface area contributed by atoms with Crippen molar-refractivity contribution >= 4 is 29.6 Å². The molecule has 4 amide bonds. The lowest BCUT2D eigenvalue weighted by Crippen LogP contribution is -2.56. The molecule has 6 nitrogen and oxygen atoms in total. The second-order valence-corrected chi connectivity index (χ2v) is 6.68. The Labute approximate surface area is 138 Å². The third-order valence-electron chi connectivity index (χ3n) is 3.99. The highest BCUT2D eigenvalue weighted by Gasteiger charge is 2.47. The molecule has 7 heteroatoms. The van der Waals surface area contributed by atoms with E-state index in [-0.39, 0.29) is 23.2 Å². The van der Waals surface area contributed by atoms with Crippen LogP contribution in [-0.2, 0) is 16.1 Å². The largest absolute Gasteiger partial charge is 0.348 e. The van der Waals surface area contributed by atoms with Gasteiger partial charge in [0.25, 0.3) is 5.91 Å². The zero-order valence-electron chi connectivity index (χ0n) is 12.9. The van der Waals surface area contributed by atoms with Gasteiger partial charge in [0.1, 0.15) is 0 Å². The smallest absolute Gasteiger partial charge is 0.327 e. The van der Waals surface area contributed by atoms with Crippen LogP contribution in [0.4, 0.5) is 4.79 Å². The van der Waals surface area contributed by atoms with Gasteiger partial charge in [-0.1, -0.05) is 42.1 Å². The number of nitrogens with zero attached hydrogens (tertiary/aromatic N) is 2. The lowest BCUT2D eigenvalue weighted by atomic mass is 10.0. The highest BCUT2D eigenvalue weighted by Crippen LogP contribution is 2.41. The molecule has 3 rings (SSSR count). The van der Waals surface area contributed by atoms with E-state index in [1.165, 1.54) is 23.7 Å². The van der Waals surface area contributed by atoms with E-state index in [2.05, 4.69) is 5.32 Å². The Bertz CT molecular complexity index is 689. The van der Waals surface area contributed by atoms with Crippen LogP contribution in [0.5, 0.6) is 0 Å². The third-order valence-corrected chi connectivity index (χ3v) is 5.42. The van der Waals surface area contributed by atoms with Crippen molar-refractivity contribution in [1.82, 2.24) is 15.1 Å². The van der Waals surface area contributed by atoms with Crippen LogP contribution in [-0.4, -0.2) is 47.1 Å². The Hall–Kier alpha value is -2.28. The number of thioether (sulfide) groups is 1. The van der Waals surface area contributed by atoms with E-state index in [4.69, 9.17) is 0 Å². The molecule has 120 valence electrons. The molecular formula is C16H17N3O3S. The Morgan fingerprint density at radius 3 is 2.61 bits per heavy atom. The lowest BCUT2D eigenvalue weighted by molar-refractivity contribution is -0.133. The van der Waals surface area contributed by atoms with E-state index in [1.807, 2.05) is 30.3 Å². The van der Waals surface area contributed by atoms with Gasteiger partial charge in [0.05, 0.1) is 16.2 Å². The Morgan fingerprint density at radius 2 is 1.91 bits per heavy atom. The maximum absolute atomic E-state index is 12.3. The van der Waals surface area contributed by atoms with Crippen molar-refractivity contribution in [2.24, 2.45) is 5.92 Å². The summed E-state index contributed by atoms with van der Waals surface area (Å²) in [4.78, 5) is 39.6. The van der Waals surface area contributed by atoms with Gasteiger partial charge < -0.3 is 10.2 Å². The summed E-state index contributed by atoms with van der Waals surface area (Å²) in [6.07, 6.45) is 1.66. The summed E-state index contributed by atoms with van der Waals surface area (Å²) in [5.41, 5.74) is 1.00. The lowest BCUT2D eigenvalue weighted by Gasteiger charge is -2.37. The topological polar surface area (TPSA) is 69.7 Å². The fraction of sp³-hybridized carbons (Fsp3) is 0.312. The molecule has 2 unspecified atom stereocenters. The minimum absolute atomic E-state index is 0.218. The van der Waals surface area contributed by atoms with Crippen LogP contribution < -0.4 is 5.32 Å². The maximum Gasteiger partial charge on any atom is 0.327 e. The van der Waals surface area contributed by atoms with Crippen LogP contribution in [0.2, 0.25) is 0 Å². The van der Waals surface area contributed by atoms with Crippen molar-refractivity contribution < 1.29 is 14.4 Å². The quantitative estimate of drug-likeness (QED) is 0.909. The summed E-state index contributed by atoms with van der Waals surface area (Å²) in [6.45, 7) is 0.426. The molecule has 1 fully saturated rings. The summed E-state index contributed by atoms with van der Waals surface area (Å²) in [5.74, 6) is -0.953. The molecule has 0 aliphatic carbocycles. The van der Waals surface area contributed by atoms with Crippen LogP contribution in [0.3, 0.4) is 0 Å². The molecule has 1 aromatic carbocycles. The zero-order valence-corrected chi connectivity index (χ0v) is 13.7. The van der Waals surface area contributed by atoms with Crippen LogP contribution in [0.25, 0.3) is 0 Å². The molecule has 1 aromatic rings. The van der Waals surface area contributed by atoms with E-state index in [0.29, 0.717) is 11.4 Å². The van der Waals surface area contributed by atoms with Gasteiger partial charge in [0, 0.05) is 20.6 Å². The molecule has 0 bridgehead atoms. The van der Waals surface area contributed by atoms with Crippen LogP contribution in [0.1, 0.15) is 5.56 Å². The number of imide groups is 1. The number of hydrogen-bond donors (Lipinski definition) is 1. The van der Waals surface area contributed by atoms with Crippen LogP contribution in [0, 0.1) is 5.92 Å². The highest BCUT2D eigenvalue weighted by atomic mass is 32.2. The SMILES string of the molecule is CN1C(=O)C2C=C(C(=O)NCc3ccccc3)SC2N(C)C1=O. The predicted molar refractivity (Wildman–Crippen MR) is 87.2 cm³/mol. The molecule has 2 aliphatic rings. The number of rotatable bonds is 3. The third kappa shape index (κ3) is 2.84. The van der Waals surface area contributed by atoms with Gasteiger partial charge in [-0.05, 0) is 11.6 Å². The second kappa shape index (κ2) is 6.08. The van der Waals surface area contributed by atoms with E-state index < -0.39 is 5.92 Å². The number of carbonyl (C=O) groups is 3. The summed E-state index contributed by atoms with van der Waals surface area (Å²) in [5, 5.41) is 2.50. The average Bonchev–Trinajstić information content (AvgIpc) is 3.02. The van der Waals surface area contributed by atoms with E-state index in [1.54, 1.807) is 13.1 Å². The molecule has 1 N–H and O–H groups in total. The van der Waals surface area contributed by atoms with Gasteiger partial charge in [0.2, 0.25) is 5.91 Å². The number of urea groups is 1. The van der Waals surface area contributed by atoms with Gasteiger partial charge >= 0.3 is 6.03 Å². The number of nitrogens with one attached hydrogen (secondary N) is 1. The van der Waals surface area contributed by atoms with E-state index in [0.717, 1.165) is 10.5 Å². The molecule has 0 aromatic heterocycles. The summed E-state index contributed by atoms with van der Waals surface area (Å²) < 4.78 is 0. The first kappa shape index (κ1) is 15.6. The highest BCUT2D eigenvalue weighted by molar-refractivity contribution is 8.04. The Balaban J connectivity index is 1.69. The second-order valence-electron chi connectivity index (χ2n) is 5.52. The van der Waals surface area contributed by atoms with Gasteiger partial charge in [-0.15, -0.1) is 0 Å². The van der Waals surface area contributed by atoms with Crippen molar-refractivity contribution in [2.75, 3.05) is 14.1 Å². The molecule has 0 saturated carbocycles. The summed E-state index contributed by atoms with van der Waals surface area (Å²) in [6, 6.07) is 9.26. The first-order chi connectivity index (χ1) is 11.0. The maximum atomic E-state index is 12.3.